The predicted molar refractivity (Wildman–Crippen MR) is 86.7 cm³/mol. The number of carbonyl (C=O) groups excluding carboxylic acids is 2. The summed E-state index contributed by atoms with van der Waals surface area (Å²) in [5, 5.41) is 2.76. The molecule has 1 rings (SSSR count). The fraction of sp³-hybridized carbons (Fsp3) is 0.429. The molecule has 0 saturated heterocycles. The summed E-state index contributed by atoms with van der Waals surface area (Å²) in [4.78, 5) is 25.5. The van der Waals surface area contributed by atoms with Crippen molar-refractivity contribution in [1.82, 2.24) is 10.2 Å². The van der Waals surface area contributed by atoms with Crippen LogP contribution in [-0.4, -0.2) is 36.3 Å². The summed E-state index contributed by atoms with van der Waals surface area (Å²) in [7, 11) is 0. The van der Waals surface area contributed by atoms with Crippen LogP contribution in [0, 0.1) is 0 Å². The van der Waals surface area contributed by atoms with Crippen molar-refractivity contribution in [2.24, 2.45) is 0 Å². The van der Waals surface area contributed by atoms with E-state index in [1.54, 1.807) is 17.0 Å². The molecular formula is C14H18Br2N2O2. The standard InChI is InChI=1S/C14H18Br2N2O2/c1-3-18(4-2)13(19)7-8-17-14(20)11-6-5-10(15)9-12(11)16/h5-6,9H,3-4,7-8H2,1-2H3,(H,17,20). The SMILES string of the molecule is CCN(CC)C(=O)CCNC(=O)c1ccc(Br)cc1Br. The zero-order chi connectivity index (χ0) is 15.1. The number of hydrogen-bond acceptors (Lipinski definition) is 2. The molecule has 0 aliphatic rings. The molecule has 1 aromatic rings. The molecule has 0 aromatic heterocycles. The van der Waals surface area contributed by atoms with Crippen molar-refractivity contribution in [2.45, 2.75) is 20.3 Å². The van der Waals surface area contributed by atoms with Gasteiger partial charge in [-0.15, -0.1) is 0 Å². The van der Waals surface area contributed by atoms with Gasteiger partial charge in [0.25, 0.3) is 5.91 Å². The van der Waals surface area contributed by atoms with Crippen LogP contribution in [-0.2, 0) is 4.79 Å². The van der Waals surface area contributed by atoms with E-state index in [0.717, 1.165) is 8.95 Å². The number of rotatable bonds is 6. The quantitative estimate of drug-likeness (QED) is 0.789. The van der Waals surface area contributed by atoms with E-state index >= 15 is 0 Å². The van der Waals surface area contributed by atoms with Gasteiger partial charge in [0.05, 0.1) is 5.56 Å². The first-order valence-electron chi connectivity index (χ1n) is 6.50. The van der Waals surface area contributed by atoms with Crippen LogP contribution in [0.25, 0.3) is 0 Å². The zero-order valence-electron chi connectivity index (χ0n) is 11.6. The Bertz CT molecular complexity index is 488. The van der Waals surface area contributed by atoms with Crippen LogP contribution in [0.3, 0.4) is 0 Å². The summed E-state index contributed by atoms with van der Waals surface area (Å²) >= 11 is 6.69. The van der Waals surface area contributed by atoms with Gasteiger partial charge >= 0.3 is 0 Å². The minimum Gasteiger partial charge on any atom is -0.351 e. The Labute approximate surface area is 136 Å². The lowest BCUT2D eigenvalue weighted by Crippen LogP contribution is -2.34. The molecule has 0 radical (unpaired) electrons. The van der Waals surface area contributed by atoms with Crippen molar-refractivity contribution >= 4 is 43.7 Å². The van der Waals surface area contributed by atoms with E-state index in [-0.39, 0.29) is 11.8 Å². The van der Waals surface area contributed by atoms with Gasteiger partial charge in [-0.2, -0.15) is 0 Å². The average Bonchev–Trinajstić information content (AvgIpc) is 2.39. The molecule has 6 heteroatoms. The van der Waals surface area contributed by atoms with Crippen LogP contribution in [0.5, 0.6) is 0 Å². The number of nitrogens with zero attached hydrogens (tertiary/aromatic N) is 1. The van der Waals surface area contributed by atoms with E-state index in [1.165, 1.54) is 0 Å². The van der Waals surface area contributed by atoms with Gasteiger partial charge in [-0.3, -0.25) is 9.59 Å². The molecule has 0 unspecified atom stereocenters. The van der Waals surface area contributed by atoms with Crippen molar-refractivity contribution < 1.29 is 9.59 Å². The number of hydrogen-bond donors (Lipinski definition) is 1. The fourth-order valence-corrected chi connectivity index (χ4v) is 3.01. The first-order valence-corrected chi connectivity index (χ1v) is 8.09. The zero-order valence-corrected chi connectivity index (χ0v) is 14.8. The molecule has 0 aliphatic carbocycles. The second-order valence-corrected chi connectivity index (χ2v) is 5.97. The van der Waals surface area contributed by atoms with Crippen LogP contribution in [0.4, 0.5) is 0 Å². The highest BCUT2D eigenvalue weighted by Gasteiger charge is 2.12. The van der Waals surface area contributed by atoms with E-state index in [0.29, 0.717) is 31.6 Å². The smallest absolute Gasteiger partial charge is 0.252 e. The molecular weight excluding hydrogens is 388 g/mol. The third kappa shape index (κ3) is 4.90. The molecule has 2 amide bonds. The summed E-state index contributed by atoms with van der Waals surface area (Å²) in [5.41, 5.74) is 0.559. The maximum absolute atomic E-state index is 12.0. The highest BCUT2D eigenvalue weighted by molar-refractivity contribution is 9.11. The van der Waals surface area contributed by atoms with Crippen molar-refractivity contribution in [2.75, 3.05) is 19.6 Å². The topological polar surface area (TPSA) is 49.4 Å². The van der Waals surface area contributed by atoms with Gasteiger partial charge in [0, 0.05) is 35.0 Å². The van der Waals surface area contributed by atoms with E-state index in [4.69, 9.17) is 0 Å². The lowest BCUT2D eigenvalue weighted by atomic mass is 10.2. The summed E-state index contributed by atoms with van der Waals surface area (Å²) in [6.07, 6.45) is 0.321. The molecule has 1 N–H and O–H groups in total. The second-order valence-electron chi connectivity index (χ2n) is 4.20. The molecule has 0 saturated carbocycles. The normalized spacial score (nSPS) is 10.2. The lowest BCUT2D eigenvalue weighted by molar-refractivity contribution is -0.130. The Morgan fingerprint density at radius 1 is 1.20 bits per heavy atom. The van der Waals surface area contributed by atoms with Crippen LogP contribution < -0.4 is 5.32 Å². The second kappa shape index (κ2) is 8.42. The molecule has 110 valence electrons. The van der Waals surface area contributed by atoms with Crippen molar-refractivity contribution in [3.05, 3.63) is 32.7 Å². The molecule has 0 heterocycles. The Kier molecular flexibility index (Phi) is 7.23. The summed E-state index contributed by atoms with van der Waals surface area (Å²) in [6, 6.07) is 5.35. The molecule has 4 nitrogen and oxygen atoms in total. The third-order valence-corrected chi connectivity index (χ3v) is 4.07. The number of nitrogens with one attached hydrogen (secondary N) is 1. The highest BCUT2D eigenvalue weighted by Crippen LogP contribution is 2.21. The molecule has 0 spiro atoms. The van der Waals surface area contributed by atoms with Crippen molar-refractivity contribution in [3.8, 4) is 0 Å². The maximum atomic E-state index is 12.0. The van der Waals surface area contributed by atoms with Crippen LogP contribution in [0.15, 0.2) is 27.1 Å². The predicted octanol–water partition coefficient (Wildman–Crippen LogP) is 3.20. The minimum atomic E-state index is -0.184. The third-order valence-electron chi connectivity index (χ3n) is 2.92. The van der Waals surface area contributed by atoms with Gasteiger partial charge in [-0.1, -0.05) is 15.9 Å². The minimum absolute atomic E-state index is 0.0603. The fourth-order valence-electron chi connectivity index (χ4n) is 1.79. The molecule has 20 heavy (non-hydrogen) atoms. The molecule has 1 aromatic carbocycles. The number of amides is 2. The van der Waals surface area contributed by atoms with Gasteiger partial charge in [0.2, 0.25) is 5.91 Å². The molecule has 0 aliphatic heterocycles. The summed E-state index contributed by atoms with van der Waals surface area (Å²) in [5.74, 6) is -0.123. The lowest BCUT2D eigenvalue weighted by Gasteiger charge is -2.18. The van der Waals surface area contributed by atoms with Gasteiger partial charge in [-0.25, -0.2) is 0 Å². The van der Waals surface area contributed by atoms with Crippen molar-refractivity contribution in [3.63, 3.8) is 0 Å². The van der Waals surface area contributed by atoms with E-state index < -0.39 is 0 Å². The van der Waals surface area contributed by atoms with Crippen molar-refractivity contribution in [1.29, 1.82) is 0 Å². The Balaban J connectivity index is 2.50. The van der Waals surface area contributed by atoms with E-state index in [9.17, 15) is 9.59 Å². The van der Waals surface area contributed by atoms with Gasteiger partial charge in [0.1, 0.15) is 0 Å². The van der Waals surface area contributed by atoms with Gasteiger partial charge in [-0.05, 0) is 48.0 Å². The van der Waals surface area contributed by atoms with Gasteiger partial charge < -0.3 is 10.2 Å². The molecule has 0 bridgehead atoms. The first kappa shape index (κ1) is 17.2. The highest BCUT2D eigenvalue weighted by atomic mass is 79.9. The first-order chi connectivity index (χ1) is 9.49. The largest absolute Gasteiger partial charge is 0.351 e. The number of benzene rings is 1. The van der Waals surface area contributed by atoms with E-state index in [1.807, 2.05) is 19.9 Å². The van der Waals surface area contributed by atoms with E-state index in [2.05, 4.69) is 37.2 Å². The maximum Gasteiger partial charge on any atom is 0.252 e. The van der Waals surface area contributed by atoms with Crippen LogP contribution >= 0.6 is 31.9 Å². The molecule has 0 atom stereocenters. The van der Waals surface area contributed by atoms with Crippen LogP contribution in [0.1, 0.15) is 30.6 Å². The summed E-state index contributed by atoms with van der Waals surface area (Å²) < 4.78 is 1.62. The Morgan fingerprint density at radius 2 is 1.85 bits per heavy atom. The summed E-state index contributed by atoms with van der Waals surface area (Å²) in [6.45, 7) is 5.62. The van der Waals surface area contributed by atoms with Gasteiger partial charge in [0.15, 0.2) is 0 Å². The average molecular weight is 406 g/mol. The van der Waals surface area contributed by atoms with Crippen LogP contribution in [0.2, 0.25) is 0 Å². The Hall–Kier alpha value is -0.880. The monoisotopic (exact) mass is 404 g/mol. The number of halogens is 2. The Morgan fingerprint density at radius 3 is 2.40 bits per heavy atom. The number of carbonyl (C=O) groups is 2. The molecule has 0 fully saturated rings.